The van der Waals surface area contributed by atoms with E-state index in [1.165, 1.54) is 32.2 Å². The van der Waals surface area contributed by atoms with Crippen LogP contribution in [0.2, 0.25) is 0 Å². The Morgan fingerprint density at radius 3 is 2.52 bits per heavy atom. The van der Waals surface area contributed by atoms with Crippen molar-refractivity contribution in [3.63, 3.8) is 0 Å². The van der Waals surface area contributed by atoms with Crippen LogP contribution in [-0.4, -0.2) is 49.8 Å². The van der Waals surface area contributed by atoms with Gasteiger partial charge in [0.2, 0.25) is 0 Å². The van der Waals surface area contributed by atoms with E-state index in [0.29, 0.717) is 12.1 Å². The molecule has 3 heteroatoms. The van der Waals surface area contributed by atoms with Crippen LogP contribution in [-0.2, 0) is 4.74 Å². The normalized spacial score (nSPS) is 24.1. The van der Waals surface area contributed by atoms with Crippen LogP contribution < -0.4 is 5.32 Å². The molecule has 0 radical (unpaired) electrons. The van der Waals surface area contributed by atoms with Gasteiger partial charge in [0.25, 0.3) is 0 Å². The number of piperazine rings is 1. The van der Waals surface area contributed by atoms with Gasteiger partial charge in [-0.25, -0.2) is 0 Å². The Kier molecular flexibility index (Phi) is 9.54. The number of nitrogens with one attached hydrogen (secondary N) is 1. The van der Waals surface area contributed by atoms with Crippen molar-refractivity contribution in [1.82, 2.24) is 10.2 Å². The van der Waals surface area contributed by atoms with Crippen molar-refractivity contribution in [2.24, 2.45) is 11.8 Å². The average molecular weight is 299 g/mol. The van der Waals surface area contributed by atoms with E-state index in [1.807, 2.05) is 0 Å². The predicted molar refractivity (Wildman–Crippen MR) is 91.8 cm³/mol. The van der Waals surface area contributed by atoms with Gasteiger partial charge in [-0.2, -0.15) is 0 Å². The molecule has 0 spiro atoms. The molecule has 2 atom stereocenters. The minimum Gasteiger partial charge on any atom is -0.380 e. The smallest absolute Gasteiger partial charge is 0.0593 e. The van der Waals surface area contributed by atoms with Gasteiger partial charge in [0, 0.05) is 38.3 Å². The zero-order valence-electron chi connectivity index (χ0n) is 15.0. The van der Waals surface area contributed by atoms with Gasteiger partial charge in [0.15, 0.2) is 0 Å². The largest absolute Gasteiger partial charge is 0.380 e. The number of rotatable bonds is 10. The number of hydrogen-bond acceptors (Lipinski definition) is 3. The van der Waals surface area contributed by atoms with Crippen LogP contribution in [0.25, 0.3) is 0 Å². The zero-order valence-corrected chi connectivity index (χ0v) is 15.0. The zero-order chi connectivity index (χ0) is 15.7. The summed E-state index contributed by atoms with van der Waals surface area (Å²) in [5.41, 5.74) is 0. The molecule has 0 aliphatic carbocycles. The Bertz CT molecular complexity index is 256. The molecule has 3 nitrogen and oxygen atoms in total. The molecule has 2 unspecified atom stereocenters. The third kappa shape index (κ3) is 8.18. The first-order valence-electron chi connectivity index (χ1n) is 9.08. The first-order valence-corrected chi connectivity index (χ1v) is 9.08. The summed E-state index contributed by atoms with van der Waals surface area (Å²) in [6, 6.07) is 1.36. The van der Waals surface area contributed by atoms with E-state index in [4.69, 9.17) is 4.74 Å². The highest BCUT2D eigenvalue weighted by molar-refractivity contribution is 4.86. The summed E-state index contributed by atoms with van der Waals surface area (Å²) in [4.78, 5) is 2.67. The molecular formula is C18H38N2O. The van der Waals surface area contributed by atoms with Crippen molar-refractivity contribution < 1.29 is 4.74 Å². The quantitative estimate of drug-likeness (QED) is 0.624. The van der Waals surface area contributed by atoms with Crippen molar-refractivity contribution in [3.8, 4) is 0 Å². The second kappa shape index (κ2) is 10.6. The summed E-state index contributed by atoms with van der Waals surface area (Å²) in [7, 11) is 0. The molecule has 126 valence electrons. The van der Waals surface area contributed by atoms with Crippen LogP contribution in [0.15, 0.2) is 0 Å². The fourth-order valence-corrected chi connectivity index (χ4v) is 3.12. The highest BCUT2D eigenvalue weighted by Gasteiger charge is 2.27. The van der Waals surface area contributed by atoms with Gasteiger partial charge in [-0.05, 0) is 31.1 Å². The fourth-order valence-electron chi connectivity index (χ4n) is 3.12. The predicted octanol–water partition coefficient (Wildman–Crippen LogP) is 3.54. The van der Waals surface area contributed by atoms with Crippen LogP contribution in [0, 0.1) is 11.8 Å². The number of hydrogen-bond donors (Lipinski definition) is 1. The number of ether oxygens (including phenoxy) is 1. The maximum Gasteiger partial charge on any atom is 0.0593 e. The first kappa shape index (κ1) is 18.9. The molecule has 0 bridgehead atoms. The molecule has 1 aliphatic rings. The molecule has 0 saturated carbocycles. The summed E-state index contributed by atoms with van der Waals surface area (Å²) in [5, 5.41) is 3.74. The van der Waals surface area contributed by atoms with E-state index in [0.717, 1.165) is 38.1 Å². The van der Waals surface area contributed by atoms with Crippen LogP contribution in [0.5, 0.6) is 0 Å². The van der Waals surface area contributed by atoms with Gasteiger partial charge >= 0.3 is 0 Å². The summed E-state index contributed by atoms with van der Waals surface area (Å²) in [6.07, 6.45) is 5.03. The lowest BCUT2D eigenvalue weighted by molar-refractivity contribution is 0.0541. The Morgan fingerprint density at radius 1 is 1.14 bits per heavy atom. The maximum absolute atomic E-state index is 5.83. The molecule has 0 aromatic heterocycles. The Balaban J connectivity index is 2.34. The van der Waals surface area contributed by atoms with Gasteiger partial charge in [0.1, 0.15) is 0 Å². The molecule has 1 aliphatic heterocycles. The monoisotopic (exact) mass is 298 g/mol. The average Bonchev–Trinajstić information content (AvgIpc) is 2.40. The van der Waals surface area contributed by atoms with Gasteiger partial charge in [-0.15, -0.1) is 0 Å². The van der Waals surface area contributed by atoms with E-state index < -0.39 is 0 Å². The van der Waals surface area contributed by atoms with Crippen LogP contribution in [0.1, 0.15) is 60.3 Å². The van der Waals surface area contributed by atoms with E-state index in [2.05, 4.69) is 44.8 Å². The highest BCUT2D eigenvalue weighted by atomic mass is 16.5. The summed E-state index contributed by atoms with van der Waals surface area (Å²) >= 11 is 0. The van der Waals surface area contributed by atoms with Gasteiger partial charge in [-0.3, -0.25) is 4.90 Å². The molecule has 0 aromatic carbocycles. The van der Waals surface area contributed by atoms with Gasteiger partial charge in [0.05, 0.1) is 6.61 Å². The van der Waals surface area contributed by atoms with E-state index >= 15 is 0 Å². The van der Waals surface area contributed by atoms with E-state index in [9.17, 15) is 0 Å². The van der Waals surface area contributed by atoms with Crippen LogP contribution in [0.4, 0.5) is 0 Å². The Labute approximate surface area is 132 Å². The van der Waals surface area contributed by atoms with Crippen molar-refractivity contribution >= 4 is 0 Å². The molecule has 1 N–H and O–H groups in total. The topological polar surface area (TPSA) is 24.5 Å². The molecule has 21 heavy (non-hydrogen) atoms. The van der Waals surface area contributed by atoms with Gasteiger partial charge < -0.3 is 10.1 Å². The molecule has 1 fully saturated rings. The van der Waals surface area contributed by atoms with Crippen molar-refractivity contribution in [3.05, 3.63) is 0 Å². The lowest BCUT2D eigenvalue weighted by Crippen LogP contribution is -2.57. The molecule has 0 amide bonds. The van der Waals surface area contributed by atoms with Gasteiger partial charge in [-0.1, -0.05) is 41.0 Å². The SMILES string of the molecule is CCCC1CN(CCOCCC(C)C)C(CC(C)C)CN1. The number of nitrogens with zero attached hydrogens (tertiary/aromatic N) is 1. The fraction of sp³-hybridized carbons (Fsp3) is 1.00. The minimum atomic E-state index is 0.675. The molecule has 1 rings (SSSR count). The third-order valence-electron chi connectivity index (χ3n) is 4.36. The summed E-state index contributed by atoms with van der Waals surface area (Å²) in [5.74, 6) is 1.51. The molecule has 0 aromatic rings. The second-order valence-electron chi connectivity index (χ2n) is 7.47. The Hall–Kier alpha value is -0.120. The first-order chi connectivity index (χ1) is 10.0. The van der Waals surface area contributed by atoms with Crippen molar-refractivity contribution in [2.45, 2.75) is 72.4 Å². The molecular weight excluding hydrogens is 260 g/mol. The standard InChI is InChI=1S/C18H38N2O/c1-6-7-17-14-20(9-11-21-10-8-15(2)3)18(13-19-17)12-16(4)5/h15-19H,6-14H2,1-5H3. The summed E-state index contributed by atoms with van der Waals surface area (Å²) < 4.78 is 5.83. The summed E-state index contributed by atoms with van der Waals surface area (Å²) in [6.45, 7) is 16.7. The van der Waals surface area contributed by atoms with Crippen LogP contribution >= 0.6 is 0 Å². The second-order valence-corrected chi connectivity index (χ2v) is 7.47. The van der Waals surface area contributed by atoms with Crippen molar-refractivity contribution in [2.75, 3.05) is 32.8 Å². The third-order valence-corrected chi connectivity index (χ3v) is 4.36. The lowest BCUT2D eigenvalue weighted by atomic mass is 9.98. The van der Waals surface area contributed by atoms with E-state index in [-0.39, 0.29) is 0 Å². The highest BCUT2D eigenvalue weighted by Crippen LogP contribution is 2.17. The van der Waals surface area contributed by atoms with Crippen molar-refractivity contribution in [1.29, 1.82) is 0 Å². The Morgan fingerprint density at radius 2 is 1.90 bits per heavy atom. The molecule has 1 heterocycles. The van der Waals surface area contributed by atoms with Crippen LogP contribution in [0.3, 0.4) is 0 Å². The van der Waals surface area contributed by atoms with E-state index in [1.54, 1.807) is 0 Å². The maximum atomic E-state index is 5.83. The molecule has 1 saturated heterocycles. The minimum absolute atomic E-state index is 0.675. The lowest BCUT2D eigenvalue weighted by Gasteiger charge is -2.41.